The number of carbonyl (C=O) groups is 1. The van der Waals surface area contributed by atoms with Gasteiger partial charge in [0.05, 0.1) is 18.8 Å². The number of rotatable bonds is 65. The molecule has 76 heavy (non-hydrogen) atoms. The number of hydrogen-bond donors (Lipinski definition) is 3. The van der Waals surface area contributed by atoms with Gasteiger partial charge in [-0.2, -0.15) is 0 Å². The normalized spacial score (nSPS) is 12.9. The molecule has 448 valence electrons. The summed E-state index contributed by atoms with van der Waals surface area (Å²) in [5.74, 6) is -0.0709. The van der Waals surface area contributed by atoms with Gasteiger partial charge in [0.1, 0.15) is 0 Å². The topological polar surface area (TPSA) is 69.6 Å². The van der Waals surface area contributed by atoms with Crippen molar-refractivity contribution in [1.29, 1.82) is 0 Å². The van der Waals surface area contributed by atoms with E-state index in [1.165, 1.54) is 327 Å². The maximum atomic E-state index is 12.5. The zero-order valence-electron chi connectivity index (χ0n) is 51.8. The van der Waals surface area contributed by atoms with Gasteiger partial charge < -0.3 is 15.5 Å². The molecule has 3 N–H and O–H groups in total. The molecule has 2 unspecified atom stereocenters. The van der Waals surface area contributed by atoms with Gasteiger partial charge in [0, 0.05) is 6.42 Å². The Morgan fingerprint density at radius 2 is 0.513 bits per heavy atom. The van der Waals surface area contributed by atoms with Crippen molar-refractivity contribution in [3.8, 4) is 0 Å². The molecule has 0 rings (SSSR count). The summed E-state index contributed by atoms with van der Waals surface area (Å²) in [5.41, 5.74) is 0. The first-order valence-corrected chi connectivity index (χ1v) is 34.9. The largest absolute Gasteiger partial charge is 0.394 e. The number of aliphatic hydroxyl groups excluding tert-OH is 2. The lowest BCUT2D eigenvalue weighted by atomic mass is 10.0. The molecule has 2 atom stereocenters. The van der Waals surface area contributed by atoms with Crippen LogP contribution in [0.1, 0.15) is 386 Å². The van der Waals surface area contributed by atoms with E-state index in [4.69, 9.17) is 0 Å². The van der Waals surface area contributed by atoms with Crippen molar-refractivity contribution in [3.63, 3.8) is 0 Å². The monoisotopic (exact) mass is 1060 g/mol. The van der Waals surface area contributed by atoms with E-state index >= 15 is 0 Å². The zero-order chi connectivity index (χ0) is 54.8. The molecule has 0 aliphatic carbocycles. The molecule has 0 saturated heterocycles. The molecule has 0 radical (unpaired) electrons. The van der Waals surface area contributed by atoms with Crippen LogP contribution in [0.15, 0.2) is 48.6 Å². The fraction of sp³-hybridized carbons (Fsp3) is 0.875. The lowest BCUT2D eigenvalue weighted by Crippen LogP contribution is -2.45. The summed E-state index contributed by atoms with van der Waals surface area (Å²) in [4.78, 5) is 12.5. The van der Waals surface area contributed by atoms with Gasteiger partial charge >= 0.3 is 0 Å². The van der Waals surface area contributed by atoms with E-state index in [-0.39, 0.29) is 12.5 Å². The van der Waals surface area contributed by atoms with Gasteiger partial charge in [-0.25, -0.2) is 0 Å². The Balaban J connectivity index is 3.47. The minimum atomic E-state index is -0.872. The molecule has 0 heterocycles. The second-order valence-corrected chi connectivity index (χ2v) is 23.9. The minimum Gasteiger partial charge on any atom is -0.394 e. The minimum absolute atomic E-state index is 0.0709. The van der Waals surface area contributed by atoms with Crippen molar-refractivity contribution < 1.29 is 15.0 Å². The lowest BCUT2D eigenvalue weighted by molar-refractivity contribution is -0.123. The standard InChI is InChI=1S/C72H137NO3/c1-3-5-7-9-11-13-15-17-19-21-23-25-27-29-31-33-35-36-38-40-42-44-46-48-50-52-54-56-58-60-62-64-66-68-72(76)73-70(69-74)71(75)67-65-63-61-59-57-55-53-51-49-47-45-43-41-39-37-34-32-30-28-26-24-22-20-18-16-14-12-10-8-6-4-2/h21,23,49,51,57,59,65,67,70-71,74-75H,3-20,22,24-48,50,52-56,58,60-64,66,68-69H2,1-2H3,(H,73,76)/b23-21-,51-49+,59-57+,67-65+. The average molecular weight is 1060 g/mol. The van der Waals surface area contributed by atoms with E-state index in [0.717, 1.165) is 38.5 Å². The van der Waals surface area contributed by atoms with Crippen molar-refractivity contribution in [2.45, 2.75) is 398 Å². The van der Waals surface area contributed by atoms with Crippen molar-refractivity contribution in [1.82, 2.24) is 5.32 Å². The number of carbonyl (C=O) groups excluding carboxylic acids is 1. The van der Waals surface area contributed by atoms with Crippen molar-refractivity contribution in [2.75, 3.05) is 6.61 Å². The quantitative estimate of drug-likeness (QED) is 0.0420. The fourth-order valence-electron chi connectivity index (χ4n) is 11.0. The first-order valence-electron chi connectivity index (χ1n) is 34.9. The van der Waals surface area contributed by atoms with Crippen LogP contribution in [0.25, 0.3) is 0 Å². The summed E-state index contributed by atoms with van der Waals surface area (Å²) < 4.78 is 0. The van der Waals surface area contributed by atoms with Gasteiger partial charge in [-0.3, -0.25) is 4.79 Å². The Kier molecular flexibility index (Phi) is 66.2. The highest BCUT2D eigenvalue weighted by atomic mass is 16.3. The summed E-state index contributed by atoms with van der Waals surface area (Å²) in [7, 11) is 0. The molecule has 0 saturated carbocycles. The predicted molar refractivity (Wildman–Crippen MR) is 341 cm³/mol. The molecule has 1 amide bonds. The number of aliphatic hydroxyl groups is 2. The summed E-state index contributed by atoms with van der Waals surface area (Å²) in [6, 6.07) is -0.647. The SMILES string of the molecule is CCCCCCCCCC/C=C\CCCCCCCCCCCCCCCCCCCCCCCC(=O)NC(CO)C(O)/C=C/CC/C=C/CC/C=C/CCCCCCCCCCCCCCCCCCCCCCC. The maximum absolute atomic E-state index is 12.5. The highest BCUT2D eigenvalue weighted by Crippen LogP contribution is 2.19. The first kappa shape index (κ1) is 74.3. The molecule has 0 aliphatic heterocycles. The second kappa shape index (κ2) is 67.6. The zero-order valence-corrected chi connectivity index (χ0v) is 51.8. The summed E-state index contributed by atoms with van der Waals surface area (Å²) in [6.45, 7) is 4.34. The van der Waals surface area contributed by atoms with E-state index in [1.54, 1.807) is 6.08 Å². The Hall–Kier alpha value is -1.65. The molecule has 0 bridgehead atoms. The first-order chi connectivity index (χ1) is 37.7. The summed E-state index contributed by atoms with van der Waals surface area (Å²) in [6.07, 6.45) is 94.9. The van der Waals surface area contributed by atoms with E-state index < -0.39 is 12.1 Å². The van der Waals surface area contributed by atoms with Gasteiger partial charge in [-0.1, -0.05) is 358 Å². The van der Waals surface area contributed by atoms with Crippen LogP contribution in [0.4, 0.5) is 0 Å². The number of nitrogens with one attached hydrogen (secondary N) is 1. The molecule has 0 aromatic rings. The van der Waals surface area contributed by atoms with E-state index in [0.29, 0.717) is 6.42 Å². The Morgan fingerprint density at radius 1 is 0.303 bits per heavy atom. The lowest BCUT2D eigenvalue weighted by Gasteiger charge is -2.19. The van der Waals surface area contributed by atoms with Crippen LogP contribution in [0.3, 0.4) is 0 Å². The Morgan fingerprint density at radius 3 is 0.763 bits per heavy atom. The van der Waals surface area contributed by atoms with Gasteiger partial charge in [0.25, 0.3) is 0 Å². The van der Waals surface area contributed by atoms with E-state index in [1.807, 2.05) is 6.08 Å². The van der Waals surface area contributed by atoms with Crippen molar-refractivity contribution >= 4 is 5.91 Å². The Labute approximate surface area is 477 Å². The van der Waals surface area contributed by atoms with Crippen LogP contribution in [0.5, 0.6) is 0 Å². The van der Waals surface area contributed by atoms with Crippen LogP contribution in [0, 0.1) is 0 Å². The molecule has 0 aromatic carbocycles. The van der Waals surface area contributed by atoms with E-state index in [9.17, 15) is 15.0 Å². The fourth-order valence-corrected chi connectivity index (χ4v) is 11.0. The molecule has 0 spiro atoms. The average Bonchev–Trinajstić information content (AvgIpc) is 3.42. The van der Waals surface area contributed by atoms with Crippen LogP contribution < -0.4 is 5.32 Å². The van der Waals surface area contributed by atoms with Crippen LogP contribution in [-0.2, 0) is 4.79 Å². The second-order valence-electron chi connectivity index (χ2n) is 23.9. The van der Waals surface area contributed by atoms with Crippen LogP contribution in [-0.4, -0.2) is 34.9 Å². The predicted octanol–water partition coefficient (Wildman–Crippen LogP) is 23.7. The van der Waals surface area contributed by atoms with Crippen molar-refractivity contribution in [2.24, 2.45) is 0 Å². The number of hydrogen-bond acceptors (Lipinski definition) is 3. The molecule has 0 aromatic heterocycles. The molecular weight excluding hydrogens is 927 g/mol. The molecule has 4 nitrogen and oxygen atoms in total. The summed E-state index contributed by atoms with van der Waals surface area (Å²) in [5, 5.41) is 23.3. The highest BCUT2D eigenvalue weighted by Gasteiger charge is 2.18. The van der Waals surface area contributed by atoms with Crippen molar-refractivity contribution in [3.05, 3.63) is 48.6 Å². The maximum Gasteiger partial charge on any atom is 0.220 e. The van der Waals surface area contributed by atoms with Crippen LogP contribution >= 0.6 is 0 Å². The van der Waals surface area contributed by atoms with E-state index in [2.05, 4.69) is 55.6 Å². The Bertz CT molecular complexity index is 1210. The summed E-state index contributed by atoms with van der Waals surface area (Å²) >= 11 is 0. The van der Waals surface area contributed by atoms with Gasteiger partial charge in [0.15, 0.2) is 0 Å². The number of allylic oxidation sites excluding steroid dienone is 7. The number of amides is 1. The van der Waals surface area contributed by atoms with Gasteiger partial charge in [-0.05, 0) is 70.6 Å². The molecular formula is C72H137NO3. The molecule has 0 aliphatic rings. The highest BCUT2D eigenvalue weighted by molar-refractivity contribution is 5.76. The van der Waals surface area contributed by atoms with Crippen LogP contribution in [0.2, 0.25) is 0 Å². The third-order valence-electron chi connectivity index (χ3n) is 16.3. The van der Waals surface area contributed by atoms with Gasteiger partial charge in [-0.15, -0.1) is 0 Å². The third kappa shape index (κ3) is 63.2. The molecule has 4 heteroatoms. The third-order valence-corrected chi connectivity index (χ3v) is 16.3. The number of unbranched alkanes of at least 4 members (excludes halogenated alkanes) is 52. The molecule has 0 fully saturated rings. The smallest absolute Gasteiger partial charge is 0.220 e. The van der Waals surface area contributed by atoms with Gasteiger partial charge in [0.2, 0.25) is 5.91 Å².